The summed E-state index contributed by atoms with van der Waals surface area (Å²) in [6.07, 6.45) is 0. The quantitative estimate of drug-likeness (QED) is 0.151. The van der Waals surface area contributed by atoms with Gasteiger partial charge in [-0.05, 0) is 116 Å². The Hall–Kier alpha value is -10.8. The Balaban J connectivity index is 0.776. The zero-order valence-electron chi connectivity index (χ0n) is 44.2. The Labute approximate surface area is 472 Å². The van der Waals surface area contributed by atoms with Crippen molar-refractivity contribution in [1.29, 1.82) is 0 Å². The van der Waals surface area contributed by atoms with Gasteiger partial charge in [-0.15, -0.1) is 0 Å². The number of aromatic nitrogens is 4. The first-order chi connectivity index (χ1) is 40.6. The molecule has 6 nitrogen and oxygen atoms in total. The lowest BCUT2D eigenvalue weighted by atomic mass is 9.61. The molecule has 382 valence electrons. The smallest absolute Gasteiger partial charge is 0.160 e. The average molecular weight is 1050 g/mol. The number of hydrogen-bond donors (Lipinski definition) is 0. The largest absolute Gasteiger partial charge is 0.456 e. The highest BCUT2D eigenvalue weighted by Gasteiger charge is 2.41. The lowest BCUT2D eigenvalue weighted by Gasteiger charge is -2.42. The van der Waals surface area contributed by atoms with Crippen molar-refractivity contribution in [2.45, 2.75) is 11.8 Å². The van der Waals surface area contributed by atoms with Crippen LogP contribution in [0.3, 0.4) is 0 Å². The van der Waals surface area contributed by atoms with Gasteiger partial charge in [0.2, 0.25) is 0 Å². The summed E-state index contributed by atoms with van der Waals surface area (Å²) in [6.45, 7) is 0. The summed E-state index contributed by atoms with van der Waals surface area (Å²) >= 11 is 0. The minimum absolute atomic E-state index is 0.00558. The first-order valence-corrected chi connectivity index (χ1v) is 27.9. The molecule has 18 rings (SSSR count). The molecule has 15 aromatic rings. The van der Waals surface area contributed by atoms with Crippen LogP contribution < -0.4 is 0 Å². The number of rotatable bonds is 8. The van der Waals surface area contributed by atoms with E-state index >= 15 is 0 Å². The Kier molecular flexibility index (Phi) is 10.3. The maximum atomic E-state index is 6.39. The van der Waals surface area contributed by atoms with Crippen molar-refractivity contribution in [3.05, 3.63) is 300 Å². The molecular formula is C76H46N4O2. The van der Waals surface area contributed by atoms with Crippen molar-refractivity contribution in [2.24, 2.45) is 0 Å². The monoisotopic (exact) mass is 1050 g/mol. The molecule has 0 spiro atoms. The second-order valence-electron chi connectivity index (χ2n) is 21.5. The van der Waals surface area contributed by atoms with Gasteiger partial charge in [-0.1, -0.05) is 206 Å². The lowest BCUT2D eigenvalue weighted by molar-refractivity contribution is 0.668. The van der Waals surface area contributed by atoms with Gasteiger partial charge in [0.1, 0.15) is 22.3 Å². The molecule has 0 fully saturated rings. The second-order valence-corrected chi connectivity index (χ2v) is 21.5. The van der Waals surface area contributed by atoms with Crippen LogP contribution >= 0.6 is 0 Å². The zero-order valence-corrected chi connectivity index (χ0v) is 44.2. The minimum Gasteiger partial charge on any atom is -0.456 e. The van der Waals surface area contributed by atoms with E-state index in [4.69, 9.17) is 28.8 Å². The SMILES string of the molecule is c1ccc(-c2cc(-c3ccccc3-c3ccc4c(c3)oc3ccccc34)nc(-c3ccc4c(c3)C3c5ccccc5C4c4cc(-c5nc(-c6ccccc6)cc(-c6ccccc6-c6ccc7c(c6)oc6ccccc67)n5)ccc43)n2)cc1. The third-order valence-electron chi connectivity index (χ3n) is 16.9. The van der Waals surface area contributed by atoms with Gasteiger partial charge < -0.3 is 8.83 Å². The summed E-state index contributed by atoms with van der Waals surface area (Å²) in [5.74, 6) is 1.34. The van der Waals surface area contributed by atoms with Crippen molar-refractivity contribution in [3.63, 3.8) is 0 Å². The number of nitrogens with zero attached hydrogens (tertiary/aromatic N) is 4. The normalized spacial score (nSPS) is 14.1. The fraction of sp³-hybridized carbons (Fsp3) is 0.0263. The van der Waals surface area contributed by atoms with E-state index in [1.165, 1.54) is 33.4 Å². The highest BCUT2D eigenvalue weighted by Crippen LogP contribution is 2.57. The van der Waals surface area contributed by atoms with Gasteiger partial charge in [0.05, 0.1) is 22.8 Å². The third-order valence-corrected chi connectivity index (χ3v) is 16.9. The topological polar surface area (TPSA) is 77.8 Å². The van der Waals surface area contributed by atoms with Crippen LogP contribution in [-0.4, -0.2) is 19.9 Å². The van der Waals surface area contributed by atoms with Crippen LogP contribution in [0.5, 0.6) is 0 Å². The van der Waals surface area contributed by atoms with Crippen molar-refractivity contribution in [2.75, 3.05) is 0 Å². The molecular weight excluding hydrogens is 1000 g/mol. The number of furan rings is 2. The van der Waals surface area contributed by atoms with Gasteiger partial charge in [-0.25, -0.2) is 19.9 Å². The minimum atomic E-state index is -0.00558. The van der Waals surface area contributed by atoms with Gasteiger partial charge in [0.15, 0.2) is 11.6 Å². The molecule has 0 saturated carbocycles. The van der Waals surface area contributed by atoms with Crippen LogP contribution in [0.4, 0.5) is 0 Å². The molecule has 4 heterocycles. The van der Waals surface area contributed by atoms with Crippen molar-refractivity contribution in [1.82, 2.24) is 19.9 Å². The van der Waals surface area contributed by atoms with Gasteiger partial charge in [-0.3, -0.25) is 0 Å². The van der Waals surface area contributed by atoms with Gasteiger partial charge >= 0.3 is 0 Å². The number of hydrogen-bond acceptors (Lipinski definition) is 6. The van der Waals surface area contributed by atoms with E-state index < -0.39 is 0 Å². The highest BCUT2D eigenvalue weighted by atomic mass is 16.3. The molecule has 0 saturated heterocycles. The Morgan fingerprint density at radius 3 is 1.04 bits per heavy atom. The molecule has 0 aliphatic heterocycles. The van der Waals surface area contributed by atoms with E-state index in [1.807, 2.05) is 36.4 Å². The fourth-order valence-corrected chi connectivity index (χ4v) is 13.1. The van der Waals surface area contributed by atoms with E-state index in [0.29, 0.717) is 11.6 Å². The van der Waals surface area contributed by atoms with Gasteiger partial charge in [0, 0.05) is 66.8 Å². The van der Waals surface area contributed by atoms with Crippen LogP contribution in [0.2, 0.25) is 0 Å². The first kappa shape index (κ1) is 46.1. The van der Waals surface area contributed by atoms with E-state index in [0.717, 1.165) is 122 Å². The van der Waals surface area contributed by atoms with Crippen LogP contribution in [0, 0.1) is 0 Å². The molecule has 0 radical (unpaired) electrons. The van der Waals surface area contributed by atoms with Crippen LogP contribution in [0.25, 0.3) is 134 Å². The van der Waals surface area contributed by atoms with Gasteiger partial charge in [0.25, 0.3) is 0 Å². The number of fused-ring (bicyclic) bond motifs is 6. The van der Waals surface area contributed by atoms with Gasteiger partial charge in [-0.2, -0.15) is 0 Å². The molecule has 0 N–H and O–H groups in total. The maximum Gasteiger partial charge on any atom is 0.160 e. The molecule has 2 unspecified atom stereocenters. The first-order valence-electron chi connectivity index (χ1n) is 27.9. The van der Waals surface area contributed by atoms with Crippen LogP contribution in [-0.2, 0) is 0 Å². The standard InChI is InChI=1S/C76H46N4O2/c1-3-17-45(18-4-1)65-43-67(53-23-9-7-21-51(53)47-31-35-57-55-25-13-15-29-69(55)81-71(57)41-47)79-75(77-65)49-33-37-61-63(39-49)73-59-27-11-12-28-60(59)74(61)64-40-50(34-38-62(64)73)76-78-66(46-19-5-2-6-20-46)44-68(80-76)54-24-10-8-22-52(54)48-32-36-58-56-26-14-16-30-70(56)82-72(58)42-48/h1-44,73-74H. The molecule has 3 aliphatic carbocycles. The molecule has 0 amide bonds. The molecule has 3 aliphatic rings. The van der Waals surface area contributed by atoms with Crippen molar-refractivity contribution in [3.8, 4) is 90.1 Å². The summed E-state index contributed by atoms with van der Waals surface area (Å²) in [7, 11) is 0. The van der Waals surface area contributed by atoms with Crippen molar-refractivity contribution >= 4 is 43.9 Å². The summed E-state index contributed by atoms with van der Waals surface area (Å²) in [6, 6.07) is 94.5. The maximum absolute atomic E-state index is 6.39. The second kappa shape index (κ2) is 18.4. The molecule has 2 bridgehead atoms. The number of benzene rings is 11. The molecule has 4 aromatic heterocycles. The van der Waals surface area contributed by atoms with E-state index in [2.05, 4.69) is 231 Å². The van der Waals surface area contributed by atoms with E-state index in [-0.39, 0.29) is 11.8 Å². The Bertz CT molecular complexity index is 4760. The van der Waals surface area contributed by atoms with E-state index in [9.17, 15) is 0 Å². The third kappa shape index (κ3) is 7.42. The molecule has 6 heteroatoms. The van der Waals surface area contributed by atoms with Crippen LogP contribution in [0.15, 0.2) is 276 Å². The number of para-hydroxylation sites is 2. The molecule has 11 aromatic carbocycles. The average Bonchev–Trinajstić information content (AvgIpc) is 1.36. The summed E-state index contributed by atoms with van der Waals surface area (Å²) in [4.78, 5) is 21.7. The fourth-order valence-electron chi connectivity index (χ4n) is 13.1. The van der Waals surface area contributed by atoms with E-state index in [1.54, 1.807) is 0 Å². The highest BCUT2D eigenvalue weighted by molar-refractivity contribution is 6.07. The molecule has 2 atom stereocenters. The predicted molar refractivity (Wildman–Crippen MR) is 330 cm³/mol. The predicted octanol–water partition coefficient (Wildman–Crippen LogP) is 19.4. The zero-order chi connectivity index (χ0) is 53.8. The van der Waals surface area contributed by atoms with Crippen molar-refractivity contribution < 1.29 is 8.83 Å². The van der Waals surface area contributed by atoms with Crippen LogP contribution in [0.1, 0.15) is 45.2 Å². The lowest BCUT2D eigenvalue weighted by Crippen LogP contribution is -2.27. The summed E-state index contributed by atoms with van der Waals surface area (Å²) in [5, 5.41) is 4.43. The summed E-state index contributed by atoms with van der Waals surface area (Å²) in [5.41, 5.74) is 25.0. The Morgan fingerprint density at radius 1 is 0.220 bits per heavy atom. The molecule has 82 heavy (non-hydrogen) atoms. The summed E-state index contributed by atoms with van der Waals surface area (Å²) < 4.78 is 12.8. The Morgan fingerprint density at radius 2 is 0.573 bits per heavy atom.